The summed E-state index contributed by atoms with van der Waals surface area (Å²) in [6, 6.07) is 21.6. The largest absolute Gasteiger partial charge is 0.0622 e. The van der Waals surface area contributed by atoms with Gasteiger partial charge in [-0.05, 0) is 35.5 Å². The monoisotopic (exact) mass is 262 g/mol. The molecule has 0 atom stereocenters. The third kappa shape index (κ3) is 3.19. The molecule has 0 nitrogen and oxygen atoms in total. The Balaban J connectivity index is 1.97. The molecule has 0 aromatic heterocycles. The third-order valence-electron chi connectivity index (χ3n) is 4.27. The van der Waals surface area contributed by atoms with Gasteiger partial charge in [0, 0.05) is 0 Å². The van der Waals surface area contributed by atoms with Crippen molar-refractivity contribution in [2.75, 3.05) is 0 Å². The first-order valence-electron chi connectivity index (χ1n) is 7.75. The molecule has 0 spiro atoms. The van der Waals surface area contributed by atoms with Crippen molar-refractivity contribution in [3.05, 3.63) is 71.8 Å². The van der Waals surface area contributed by atoms with E-state index < -0.39 is 0 Å². The van der Waals surface area contributed by atoms with Crippen molar-refractivity contribution in [1.82, 2.24) is 0 Å². The fourth-order valence-electron chi connectivity index (χ4n) is 3.21. The Labute approximate surface area is 122 Å². The highest BCUT2D eigenvalue weighted by molar-refractivity contribution is 5.82. The van der Waals surface area contributed by atoms with Gasteiger partial charge in [0.05, 0.1) is 0 Å². The second-order valence-electron chi connectivity index (χ2n) is 5.71. The maximum atomic E-state index is 2.39. The summed E-state index contributed by atoms with van der Waals surface area (Å²) in [6.07, 6.45) is 9.24. The highest BCUT2D eigenvalue weighted by Gasteiger charge is 2.18. The van der Waals surface area contributed by atoms with E-state index in [1.54, 1.807) is 0 Å². The maximum Gasteiger partial charge on any atom is -0.0156 e. The van der Waals surface area contributed by atoms with Crippen LogP contribution in [0.25, 0.3) is 11.6 Å². The summed E-state index contributed by atoms with van der Waals surface area (Å²) in [5, 5.41) is 0. The first kappa shape index (κ1) is 13.2. The summed E-state index contributed by atoms with van der Waals surface area (Å²) >= 11 is 0. The lowest BCUT2D eigenvalue weighted by atomic mass is 9.80. The van der Waals surface area contributed by atoms with Crippen LogP contribution in [-0.2, 0) is 0 Å². The van der Waals surface area contributed by atoms with Crippen molar-refractivity contribution >= 4 is 11.6 Å². The molecule has 2 aromatic rings. The molecule has 2 aromatic carbocycles. The van der Waals surface area contributed by atoms with Crippen molar-refractivity contribution in [3.8, 4) is 0 Å². The molecule has 0 unspecified atom stereocenters. The zero-order valence-electron chi connectivity index (χ0n) is 12.0. The van der Waals surface area contributed by atoms with E-state index in [1.165, 1.54) is 48.8 Å². The molecule has 0 heteroatoms. The molecule has 1 fully saturated rings. The second-order valence-corrected chi connectivity index (χ2v) is 5.71. The van der Waals surface area contributed by atoms with Gasteiger partial charge in [-0.25, -0.2) is 0 Å². The molecular formula is C20H22. The van der Waals surface area contributed by atoms with E-state index in [4.69, 9.17) is 0 Å². The number of rotatable bonds is 3. The lowest BCUT2D eigenvalue weighted by Crippen LogP contribution is -2.08. The maximum absolute atomic E-state index is 2.39. The first-order chi connectivity index (χ1) is 9.93. The summed E-state index contributed by atoms with van der Waals surface area (Å²) in [5.41, 5.74) is 4.23. The molecule has 1 saturated carbocycles. The standard InChI is InChI=1S/C20H22/c1-4-10-17(11-5-1)16-20(18-12-6-2-7-13-18)19-14-8-3-9-15-19/h1-2,4-7,10-13,16,19H,3,8-9,14-15H2. The van der Waals surface area contributed by atoms with Gasteiger partial charge in [0.2, 0.25) is 0 Å². The molecule has 0 radical (unpaired) electrons. The van der Waals surface area contributed by atoms with E-state index in [1.807, 2.05) is 0 Å². The molecule has 20 heavy (non-hydrogen) atoms. The van der Waals surface area contributed by atoms with E-state index in [2.05, 4.69) is 66.7 Å². The zero-order valence-corrected chi connectivity index (χ0v) is 12.0. The number of hydrogen-bond acceptors (Lipinski definition) is 0. The molecule has 0 aliphatic heterocycles. The highest BCUT2D eigenvalue weighted by atomic mass is 14.2. The van der Waals surface area contributed by atoms with E-state index in [9.17, 15) is 0 Å². The molecule has 0 heterocycles. The van der Waals surface area contributed by atoms with Crippen LogP contribution in [0.15, 0.2) is 60.7 Å². The van der Waals surface area contributed by atoms with Crippen LogP contribution in [0.1, 0.15) is 43.2 Å². The van der Waals surface area contributed by atoms with Crippen molar-refractivity contribution in [1.29, 1.82) is 0 Å². The number of allylic oxidation sites excluding steroid dienone is 1. The van der Waals surface area contributed by atoms with Gasteiger partial charge in [0.15, 0.2) is 0 Å². The summed E-state index contributed by atoms with van der Waals surface area (Å²) in [6.45, 7) is 0. The molecule has 0 bridgehead atoms. The fraction of sp³-hybridized carbons (Fsp3) is 0.300. The second kappa shape index (κ2) is 6.56. The predicted molar refractivity (Wildman–Crippen MR) is 87.3 cm³/mol. The molecule has 0 amide bonds. The summed E-state index contributed by atoms with van der Waals surface area (Å²) in [7, 11) is 0. The summed E-state index contributed by atoms with van der Waals surface area (Å²) in [4.78, 5) is 0. The Hall–Kier alpha value is -1.82. The zero-order chi connectivity index (χ0) is 13.6. The SMILES string of the molecule is C(=C(c1ccccc1)C1CCCCC1)c1ccccc1. The van der Waals surface area contributed by atoms with Gasteiger partial charge in [0.1, 0.15) is 0 Å². The molecular weight excluding hydrogens is 240 g/mol. The average Bonchev–Trinajstić information content (AvgIpc) is 2.55. The third-order valence-corrected chi connectivity index (χ3v) is 4.27. The van der Waals surface area contributed by atoms with E-state index in [-0.39, 0.29) is 0 Å². The lowest BCUT2D eigenvalue weighted by molar-refractivity contribution is 0.430. The minimum Gasteiger partial charge on any atom is -0.0622 e. The van der Waals surface area contributed by atoms with Gasteiger partial charge in [-0.15, -0.1) is 0 Å². The molecule has 102 valence electrons. The average molecular weight is 262 g/mol. The van der Waals surface area contributed by atoms with Gasteiger partial charge in [-0.1, -0.05) is 86.0 Å². The minimum atomic E-state index is 0.728. The van der Waals surface area contributed by atoms with Crippen LogP contribution >= 0.6 is 0 Å². The van der Waals surface area contributed by atoms with Gasteiger partial charge in [-0.2, -0.15) is 0 Å². The van der Waals surface area contributed by atoms with Crippen molar-refractivity contribution in [3.63, 3.8) is 0 Å². The van der Waals surface area contributed by atoms with Crippen LogP contribution < -0.4 is 0 Å². The lowest BCUT2D eigenvalue weighted by Gasteiger charge is -2.25. The van der Waals surface area contributed by atoms with Crippen LogP contribution in [-0.4, -0.2) is 0 Å². The predicted octanol–water partition coefficient (Wildman–Crippen LogP) is 5.81. The van der Waals surface area contributed by atoms with Crippen LogP contribution in [0, 0.1) is 5.92 Å². The van der Waals surface area contributed by atoms with Crippen LogP contribution in [0.5, 0.6) is 0 Å². The Morgan fingerprint density at radius 1 is 0.750 bits per heavy atom. The summed E-state index contributed by atoms with van der Waals surface area (Å²) in [5.74, 6) is 0.728. The van der Waals surface area contributed by atoms with Gasteiger partial charge < -0.3 is 0 Å². The van der Waals surface area contributed by atoms with Crippen LogP contribution in [0.2, 0.25) is 0 Å². The Bertz CT molecular complexity index is 545. The van der Waals surface area contributed by atoms with Crippen molar-refractivity contribution in [2.24, 2.45) is 5.92 Å². The fourth-order valence-corrected chi connectivity index (χ4v) is 3.21. The van der Waals surface area contributed by atoms with Crippen molar-refractivity contribution in [2.45, 2.75) is 32.1 Å². The topological polar surface area (TPSA) is 0 Å². The smallest absolute Gasteiger partial charge is 0.0156 e. The molecule has 1 aliphatic carbocycles. The normalized spacial score (nSPS) is 17.1. The van der Waals surface area contributed by atoms with Crippen LogP contribution in [0.4, 0.5) is 0 Å². The molecule has 1 aliphatic rings. The highest BCUT2D eigenvalue weighted by Crippen LogP contribution is 2.36. The van der Waals surface area contributed by atoms with Gasteiger partial charge in [0.25, 0.3) is 0 Å². The molecule has 0 N–H and O–H groups in total. The van der Waals surface area contributed by atoms with Crippen molar-refractivity contribution < 1.29 is 0 Å². The Morgan fingerprint density at radius 2 is 1.35 bits per heavy atom. The Kier molecular flexibility index (Phi) is 4.32. The Morgan fingerprint density at radius 3 is 2.00 bits per heavy atom. The van der Waals surface area contributed by atoms with E-state index in [0.717, 1.165) is 5.92 Å². The molecule has 3 rings (SSSR count). The number of benzene rings is 2. The first-order valence-corrected chi connectivity index (χ1v) is 7.75. The quantitative estimate of drug-likeness (QED) is 0.612. The van der Waals surface area contributed by atoms with Gasteiger partial charge >= 0.3 is 0 Å². The van der Waals surface area contributed by atoms with E-state index in [0.29, 0.717) is 0 Å². The van der Waals surface area contributed by atoms with E-state index >= 15 is 0 Å². The van der Waals surface area contributed by atoms with Crippen LogP contribution in [0.3, 0.4) is 0 Å². The van der Waals surface area contributed by atoms with Gasteiger partial charge in [-0.3, -0.25) is 0 Å². The summed E-state index contributed by atoms with van der Waals surface area (Å²) < 4.78 is 0. The number of hydrogen-bond donors (Lipinski definition) is 0. The molecule has 0 saturated heterocycles. The minimum absolute atomic E-state index is 0.728.